The summed E-state index contributed by atoms with van der Waals surface area (Å²) >= 11 is 0. The van der Waals surface area contributed by atoms with Crippen LogP contribution in [-0.2, 0) is 5.41 Å². The zero-order valence-corrected chi connectivity index (χ0v) is 21.1. The Morgan fingerprint density at radius 3 is 2.15 bits per heavy atom. The van der Waals surface area contributed by atoms with Gasteiger partial charge in [-0.3, -0.25) is 0 Å². The molecule has 1 aliphatic heterocycles. The normalized spacial score (nSPS) is 16.6. The number of phenols is 1. The van der Waals surface area contributed by atoms with Crippen molar-refractivity contribution in [3.05, 3.63) is 160 Å². The molecule has 8 rings (SSSR count). The van der Waals surface area contributed by atoms with E-state index in [0.29, 0.717) is 0 Å². The van der Waals surface area contributed by atoms with E-state index in [1.54, 1.807) is 0 Å². The minimum atomic E-state index is -0.618. The monoisotopic (exact) mass is 507 g/mol. The van der Waals surface area contributed by atoms with E-state index in [1.165, 1.54) is 22.1 Å². The number of hydrogen-bond donors (Lipinski definition) is 2. The van der Waals surface area contributed by atoms with Crippen LogP contribution in [0.1, 0.15) is 45.0 Å². The Bertz CT molecular complexity index is 1820. The van der Waals surface area contributed by atoms with Gasteiger partial charge in [-0.2, -0.15) is 0 Å². The second-order valence-electron chi connectivity index (χ2n) is 10.3. The van der Waals surface area contributed by atoms with Gasteiger partial charge in [0.05, 0.1) is 5.41 Å². The number of H-pyrrole nitrogens is 1. The van der Waals surface area contributed by atoms with Gasteiger partial charge in [0.1, 0.15) is 5.75 Å². The molecule has 188 valence electrons. The Morgan fingerprint density at radius 1 is 0.692 bits per heavy atom. The molecule has 1 aliphatic carbocycles. The molecule has 39 heavy (non-hydrogen) atoms. The van der Waals surface area contributed by atoms with Crippen molar-refractivity contribution >= 4 is 10.9 Å². The first kappa shape index (κ1) is 22.1. The number of rotatable bonds is 3. The van der Waals surface area contributed by atoms with Gasteiger partial charge in [0.15, 0.2) is 11.5 Å². The van der Waals surface area contributed by atoms with Crippen molar-refractivity contribution in [1.29, 1.82) is 0 Å². The topological polar surface area (TPSA) is 54.5 Å². The fraction of sp³-hybridized carbons (Fsp3) is 0.0857. The SMILES string of the molecule is Oc1ccc2c(c1)C(c1ccc3c(c1)OCO3)c1c([nH]c3ccccc13)C2(c1ccccc1)c1ccccc1. The molecule has 1 unspecified atom stereocenters. The molecule has 0 radical (unpaired) electrons. The van der Waals surface area contributed by atoms with E-state index in [1.807, 2.05) is 18.2 Å². The van der Waals surface area contributed by atoms with Crippen LogP contribution in [-0.4, -0.2) is 16.9 Å². The maximum Gasteiger partial charge on any atom is 0.231 e. The van der Waals surface area contributed by atoms with Crippen molar-refractivity contribution in [2.75, 3.05) is 6.79 Å². The van der Waals surface area contributed by atoms with Crippen LogP contribution < -0.4 is 9.47 Å². The lowest BCUT2D eigenvalue weighted by molar-refractivity contribution is 0.174. The summed E-state index contributed by atoms with van der Waals surface area (Å²) in [6, 6.07) is 41.9. The zero-order valence-electron chi connectivity index (χ0n) is 21.1. The molecule has 2 heterocycles. The lowest BCUT2D eigenvalue weighted by Crippen LogP contribution is -2.37. The van der Waals surface area contributed by atoms with E-state index in [2.05, 4.69) is 108 Å². The van der Waals surface area contributed by atoms with Gasteiger partial charge < -0.3 is 19.6 Å². The number of benzene rings is 5. The van der Waals surface area contributed by atoms with E-state index in [4.69, 9.17) is 9.47 Å². The van der Waals surface area contributed by atoms with Gasteiger partial charge in [-0.05, 0) is 63.7 Å². The van der Waals surface area contributed by atoms with Gasteiger partial charge in [0, 0.05) is 22.5 Å². The predicted molar refractivity (Wildman–Crippen MR) is 152 cm³/mol. The highest BCUT2D eigenvalue weighted by Gasteiger charge is 2.49. The molecular formula is C35H25NO3. The molecule has 1 aromatic heterocycles. The van der Waals surface area contributed by atoms with Crippen LogP contribution in [0.25, 0.3) is 10.9 Å². The van der Waals surface area contributed by atoms with Gasteiger partial charge in [0.25, 0.3) is 0 Å². The zero-order chi connectivity index (χ0) is 26.0. The molecule has 1 atom stereocenters. The second-order valence-corrected chi connectivity index (χ2v) is 10.3. The summed E-state index contributed by atoms with van der Waals surface area (Å²) in [7, 11) is 0. The standard InChI is InChI=1S/C35H25NO3/c37-25-16-17-28-27(20-25)32(22-15-18-30-31(19-22)39-21-38-30)33-26-13-7-8-14-29(26)36-34(33)35(28,23-9-3-1-4-10-23)24-11-5-2-6-12-24/h1-20,32,36-37H,21H2. The van der Waals surface area contributed by atoms with Crippen LogP contribution in [0.3, 0.4) is 0 Å². The summed E-state index contributed by atoms with van der Waals surface area (Å²) in [5.74, 6) is 1.62. The van der Waals surface area contributed by atoms with E-state index < -0.39 is 5.41 Å². The van der Waals surface area contributed by atoms with Crippen LogP contribution in [0.2, 0.25) is 0 Å². The Kier molecular flexibility index (Phi) is 4.68. The summed E-state index contributed by atoms with van der Waals surface area (Å²) in [5.41, 5.74) is 8.44. The van der Waals surface area contributed by atoms with E-state index in [-0.39, 0.29) is 18.5 Å². The number of para-hydroxylation sites is 1. The molecule has 4 heteroatoms. The number of ether oxygens (including phenoxy) is 2. The number of aromatic nitrogens is 1. The molecule has 0 saturated carbocycles. The molecule has 0 amide bonds. The largest absolute Gasteiger partial charge is 0.508 e. The minimum Gasteiger partial charge on any atom is -0.508 e. The molecule has 5 aromatic carbocycles. The molecule has 0 spiro atoms. The Balaban J connectivity index is 1.55. The van der Waals surface area contributed by atoms with Gasteiger partial charge >= 0.3 is 0 Å². The first-order chi connectivity index (χ1) is 19.2. The summed E-state index contributed by atoms with van der Waals surface area (Å²) < 4.78 is 11.4. The number of hydrogen-bond acceptors (Lipinski definition) is 3. The van der Waals surface area contributed by atoms with E-state index >= 15 is 0 Å². The maximum absolute atomic E-state index is 10.9. The maximum atomic E-state index is 10.9. The van der Waals surface area contributed by atoms with Crippen molar-refractivity contribution in [2.45, 2.75) is 11.3 Å². The van der Waals surface area contributed by atoms with Crippen molar-refractivity contribution in [3.63, 3.8) is 0 Å². The minimum absolute atomic E-state index is 0.131. The molecule has 0 bridgehead atoms. The third-order valence-electron chi connectivity index (χ3n) is 8.30. The Morgan fingerprint density at radius 2 is 1.38 bits per heavy atom. The fourth-order valence-electron chi connectivity index (χ4n) is 6.76. The lowest BCUT2D eigenvalue weighted by Gasteiger charge is -2.43. The molecule has 2 N–H and O–H groups in total. The number of fused-ring (bicyclic) bond motifs is 5. The second kappa shape index (κ2) is 8.27. The molecule has 4 nitrogen and oxygen atoms in total. The van der Waals surface area contributed by atoms with Crippen LogP contribution >= 0.6 is 0 Å². The third-order valence-corrected chi connectivity index (χ3v) is 8.30. The Hall–Kier alpha value is -4.96. The van der Waals surface area contributed by atoms with Crippen molar-refractivity contribution in [2.24, 2.45) is 0 Å². The van der Waals surface area contributed by atoms with E-state index in [0.717, 1.165) is 39.4 Å². The molecule has 2 aliphatic rings. The first-order valence-electron chi connectivity index (χ1n) is 13.2. The highest BCUT2D eigenvalue weighted by molar-refractivity contribution is 5.90. The summed E-state index contributed by atoms with van der Waals surface area (Å²) in [6.07, 6.45) is 0. The van der Waals surface area contributed by atoms with Crippen LogP contribution in [0.4, 0.5) is 0 Å². The fourth-order valence-corrected chi connectivity index (χ4v) is 6.76. The van der Waals surface area contributed by atoms with Crippen LogP contribution in [0.15, 0.2) is 121 Å². The summed E-state index contributed by atoms with van der Waals surface area (Å²) in [5, 5.41) is 12.0. The summed E-state index contributed by atoms with van der Waals surface area (Å²) in [4.78, 5) is 3.89. The molecule has 6 aromatic rings. The average molecular weight is 508 g/mol. The van der Waals surface area contributed by atoms with E-state index in [9.17, 15) is 5.11 Å². The number of aromatic hydroxyl groups is 1. The molecule has 0 fully saturated rings. The van der Waals surface area contributed by atoms with Crippen LogP contribution in [0.5, 0.6) is 17.2 Å². The van der Waals surface area contributed by atoms with Gasteiger partial charge in [-0.15, -0.1) is 0 Å². The number of phenolic OH excluding ortho intramolecular Hbond substituents is 1. The Labute approximate surface area is 226 Å². The molecular weight excluding hydrogens is 482 g/mol. The van der Waals surface area contributed by atoms with Gasteiger partial charge in [-0.1, -0.05) is 91.0 Å². The quantitative estimate of drug-likeness (QED) is 0.261. The number of aromatic amines is 1. The lowest BCUT2D eigenvalue weighted by atomic mass is 9.58. The number of nitrogens with one attached hydrogen (secondary N) is 1. The van der Waals surface area contributed by atoms with Gasteiger partial charge in [-0.25, -0.2) is 0 Å². The highest BCUT2D eigenvalue weighted by atomic mass is 16.7. The van der Waals surface area contributed by atoms with Crippen LogP contribution in [0, 0.1) is 0 Å². The average Bonchev–Trinajstić information content (AvgIpc) is 3.61. The van der Waals surface area contributed by atoms with Crippen molar-refractivity contribution in [3.8, 4) is 17.2 Å². The first-order valence-corrected chi connectivity index (χ1v) is 13.2. The highest BCUT2D eigenvalue weighted by Crippen LogP contribution is 2.57. The van der Waals surface area contributed by atoms with Crippen molar-refractivity contribution < 1.29 is 14.6 Å². The van der Waals surface area contributed by atoms with Gasteiger partial charge in [0.2, 0.25) is 6.79 Å². The smallest absolute Gasteiger partial charge is 0.231 e. The van der Waals surface area contributed by atoms with Crippen molar-refractivity contribution in [1.82, 2.24) is 4.98 Å². The predicted octanol–water partition coefficient (Wildman–Crippen LogP) is 7.48. The third kappa shape index (κ3) is 3.06. The summed E-state index contributed by atoms with van der Waals surface area (Å²) in [6.45, 7) is 0.226. The molecule has 0 saturated heterocycles.